The molecule has 28 heavy (non-hydrogen) atoms. The normalized spacial score (nSPS) is 10.5. The Morgan fingerprint density at radius 2 is 1.21 bits per heavy atom. The van der Waals surface area contributed by atoms with Crippen LogP contribution in [0.4, 0.5) is 0 Å². The number of benzene rings is 1. The van der Waals surface area contributed by atoms with Crippen LogP contribution in [0.1, 0.15) is 89.4 Å². The summed E-state index contributed by atoms with van der Waals surface area (Å²) in [6.45, 7) is 15.0. The highest BCUT2D eigenvalue weighted by Crippen LogP contribution is 2.16. The minimum absolute atomic E-state index is 0.383. The number of nitrogens with zero attached hydrogens (tertiary/aromatic N) is 2. The first kappa shape index (κ1) is 26.1. The highest BCUT2D eigenvalue weighted by molar-refractivity contribution is 5.89. The molecule has 0 saturated carbocycles. The van der Waals surface area contributed by atoms with Crippen LogP contribution in [-0.4, -0.2) is 36.6 Å². The summed E-state index contributed by atoms with van der Waals surface area (Å²) >= 11 is 0. The molecule has 0 saturated heterocycles. The smallest absolute Gasteiger partial charge is 0.347 e. The van der Waals surface area contributed by atoms with E-state index in [4.69, 9.17) is 5.26 Å². The van der Waals surface area contributed by atoms with Crippen molar-refractivity contribution in [3.63, 3.8) is 0 Å². The van der Waals surface area contributed by atoms with E-state index in [1.807, 2.05) is 0 Å². The van der Waals surface area contributed by atoms with Gasteiger partial charge < -0.3 is 9.22 Å². The zero-order valence-corrected chi connectivity index (χ0v) is 18.6. The quantitative estimate of drug-likeness (QED) is 0.225. The molecule has 158 valence electrons. The maximum absolute atomic E-state index is 10.8. The first-order valence-electron chi connectivity index (χ1n) is 11.1. The Hall–Kier alpha value is -1.86. The Morgan fingerprint density at radius 1 is 0.821 bits per heavy atom. The zero-order chi connectivity index (χ0) is 21.1. The van der Waals surface area contributed by atoms with Crippen molar-refractivity contribution < 1.29 is 14.0 Å². The van der Waals surface area contributed by atoms with E-state index in [-0.39, 0.29) is 0 Å². The highest BCUT2D eigenvalue weighted by atomic mass is 16.5. The molecular weight excluding hydrogens is 348 g/mol. The van der Waals surface area contributed by atoms with Crippen LogP contribution in [0.2, 0.25) is 0 Å². The fourth-order valence-corrected chi connectivity index (χ4v) is 3.32. The molecule has 0 spiro atoms. The summed E-state index contributed by atoms with van der Waals surface area (Å²) in [6, 6.07) is 8.35. The van der Waals surface area contributed by atoms with Crippen LogP contribution in [0.5, 0.6) is 0 Å². The van der Waals surface area contributed by atoms with E-state index in [1.54, 1.807) is 30.3 Å². The van der Waals surface area contributed by atoms with E-state index in [0.717, 1.165) is 0 Å². The van der Waals surface area contributed by atoms with Gasteiger partial charge in [0.05, 0.1) is 31.7 Å². The average Bonchev–Trinajstić information content (AvgIpc) is 2.74. The maximum Gasteiger partial charge on any atom is 0.353 e. The fraction of sp³-hybridized carbons (Fsp3) is 0.667. The largest absolute Gasteiger partial charge is 0.353 e. The van der Waals surface area contributed by atoms with Crippen molar-refractivity contribution >= 4 is 5.97 Å². The van der Waals surface area contributed by atoms with Gasteiger partial charge in [0.15, 0.2) is 0 Å². The summed E-state index contributed by atoms with van der Waals surface area (Å²) in [4.78, 5) is 10.8. The number of carbonyl (C=O) groups is 1. The molecular formula is C24H41N2O2+. The van der Waals surface area contributed by atoms with Crippen molar-refractivity contribution in [3.8, 4) is 6.26 Å². The van der Waals surface area contributed by atoms with Gasteiger partial charge in [-0.1, -0.05) is 71.6 Å². The SMILES string of the molecule is CCCC[N+](CCCC)(CCCC)CCCC.N#COC(=O)c1ccccc1. The molecule has 0 radical (unpaired) electrons. The molecule has 0 atom stereocenters. The minimum Gasteiger partial charge on any atom is -0.347 e. The minimum atomic E-state index is -0.618. The molecule has 0 N–H and O–H groups in total. The molecule has 0 aliphatic heterocycles. The van der Waals surface area contributed by atoms with Crippen LogP contribution >= 0.6 is 0 Å². The molecule has 1 aromatic rings. The molecule has 0 aromatic heterocycles. The molecule has 4 heteroatoms. The Labute approximate surface area is 173 Å². The van der Waals surface area contributed by atoms with Gasteiger partial charge >= 0.3 is 5.97 Å². The third kappa shape index (κ3) is 11.8. The second-order valence-corrected chi connectivity index (χ2v) is 7.50. The lowest BCUT2D eigenvalue weighted by molar-refractivity contribution is -0.929. The number of hydrogen-bond donors (Lipinski definition) is 0. The van der Waals surface area contributed by atoms with Crippen molar-refractivity contribution in [2.75, 3.05) is 26.2 Å². The van der Waals surface area contributed by atoms with E-state index in [0.29, 0.717) is 5.56 Å². The summed E-state index contributed by atoms with van der Waals surface area (Å²) < 4.78 is 5.51. The molecule has 0 amide bonds. The van der Waals surface area contributed by atoms with Gasteiger partial charge in [-0.2, -0.15) is 0 Å². The van der Waals surface area contributed by atoms with Crippen molar-refractivity contribution in [2.24, 2.45) is 0 Å². The molecule has 0 aliphatic carbocycles. The van der Waals surface area contributed by atoms with Crippen LogP contribution in [0.15, 0.2) is 30.3 Å². The fourth-order valence-electron chi connectivity index (χ4n) is 3.32. The first-order valence-corrected chi connectivity index (χ1v) is 11.1. The summed E-state index contributed by atoms with van der Waals surface area (Å²) in [6.07, 6.45) is 12.4. The van der Waals surface area contributed by atoms with E-state index < -0.39 is 5.97 Å². The Morgan fingerprint density at radius 3 is 1.54 bits per heavy atom. The molecule has 0 fully saturated rings. The molecule has 1 aromatic carbocycles. The third-order valence-electron chi connectivity index (χ3n) is 5.09. The van der Waals surface area contributed by atoms with Gasteiger partial charge in [0.25, 0.3) is 6.26 Å². The van der Waals surface area contributed by atoms with Gasteiger partial charge in [0, 0.05) is 0 Å². The average molecular weight is 390 g/mol. The summed E-state index contributed by atoms with van der Waals surface area (Å²) in [5.41, 5.74) is 0.383. The van der Waals surface area contributed by atoms with Crippen molar-refractivity contribution in [2.45, 2.75) is 79.1 Å². The van der Waals surface area contributed by atoms with E-state index in [9.17, 15) is 4.79 Å². The summed E-state index contributed by atoms with van der Waals surface area (Å²) in [5.74, 6) is -0.618. The third-order valence-corrected chi connectivity index (χ3v) is 5.09. The topological polar surface area (TPSA) is 50.1 Å². The lowest BCUT2D eigenvalue weighted by Gasteiger charge is -2.39. The number of ether oxygens (including phenoxy) is 1. The number of hydrogen-bond acceptors (Lipinski definition) is 3. The van der Waals surface area contributed by atoms with Crippen molar-refractivity contribution in [1.29, 1.82) is 5.26 Å². The van der Waals surface area contributed by atoms with Crippen LogP contribution in [0.25, 0.3) is 0 Å². The molecule has 0 heterocycles. The highest BCUT2D eigenvalue weighted by Gasteiger charge is 2.24. The predicted molar refractivity (Wildman–Crippen MR) is 117 cm³/mol. The summed E-state index contributed by atoms with van der Waals surface area (Å²) in [7, 11) is 0. The van der Waals surface area contributed by atoms with Gasteiger partial charge in [0.2, 0.25) is 0 Å². The molecule has 0 aliphatic rings. The number of unbranched alkanes of at least 4 members (excludes halogenated alkanes) is 4. The van der Waals surface area contributed by atoms with Crippen LogP contribution < -0.4 is 0 Å². The number of nitriles is 1. The van der Waals surface area contributed by atoms with E-state index in [2.05, 4.69) is 32.4 Å². The van der Waals surface area contributed by atoms with Crippen LogP contribution in [0, 0.1) is 11.5 Å². The van der Waals surface area contributed by atoms with Crippen molar-refractivity contribution in [3.05, 3.63) is 35.9 Å². The number of rotatable bonds is 13. The van der Waals surface area contributed by atoms with Gasteiger partial charge in [0.1, 0.15) is 0 Å². The lowest BCUT2D eigenvalue weighted by Crippen LogP contribution is -2.50. The van der Waals surface area contributed by atoms with Crippen LogP contribution in [0.3, 0.4) is 0 Å². The van der Waals surface area contributed by atoms with Gasteiger partial charge in [-0.25, -0.2) is 4.79 Å². The Bertz CT molecular complexity index is 500. The number of esters is 1. The molecule has 4 nitrogen and oxygen atoms in total. The van der Waals surface area contributed by atoms with Crippen molar-refractivity contribution in [1.82, 2.24) is 0 Å². The van der Waals surface area contributed by atoms with Gasteiger partial charge in [-0.05, 0) is 37.8 Å². The standard InChI is InChI=1S/C16H36N.C8H5NO2/c1-5-9-13-17(14-10-6-2,15-11-7-3)16-12-8-4;9-6-11-8(10)7-4-2-1-3-5-7/h5-16H2,1-4H3;1-5H/q+1;. The van der Waals surface area contributed by atoms with Crippen LogP contribution in [-0.2, 0) is 4.74 Å². The number of quaternary nitrogens is 1. The monoisotopic (exact) mass is 389 g/mol. The maximum atomic E-state index is 10.8. The molecule has 0 unspecified atom stereocenters. The number of carbonyl (C=O) groups excluding carboxylic acids is 1. The zero-order valence-electron chi connectivity index (χ0n) is 18.6. The lowest BCUT2D eigenvalue weighted by atomic mass is 10.1. The second-order valence-electron chi connectivity index (χ2n) is 7.50. The van der Waals surface area contributed by atoms with E-state index >= 15 is 0 Å². The predicted octanol–water partition coefficient (Wildman–Crippen LogP) is 6.33. The van der Waals surface area contributed by atoms with Gasteiger partial charge in [-0.15, -0.1) is 5.26 Å². The summed E-state index contributed by atoms with van der Waals surface area (Å²) in [5, 5.41) is 8.00. The Balaban J connectivity index is 0.000000567. The Kier molecular flexibility index (Phi) is 16.1. The molecule has 1 rings (SSSR count). The van der Waals surface area contributed by atoms with Gasteiger partial charge in [-0.3, -0.25) is 0 Å². The van der Waals surface area contributed by atoms with E-state index in [1.165, 1.54) is 88.3 Å². The first-order chi connectivity index (χ1) is 13.6. The molecule has 0 bridgehead atoms. The second kappa shape index (κ2) is 17.3.